The lowest BCUT2D eigenvalue weighted by Crippen LogP contribution is -2.11. The Morgan fingerprint density at radius 2 is 1.84 bits per heavy atom. The van der Waals surface area contributed by atoms with Gasteiger partial charge in [-0.1, -0.05) is 18.2 Å². The molecule has 0 bridgehead atoms. The van der Waals surface area contributed by atoms with Crippen LogP contribution in [0.4, 0.5) is 0 Å². The molecule has 0 amide bonds. The second-order valence-electron chi connectivity index (χ2n) is 6.09. The van der Waals surface area contributed by atoms with Crippen molar-refractivity contribution in [3.8, 4) is 5.82 Å². The quantitative estimate of drug-likeness (QED) is 0.536. The van der Waals surface area contributed by atoms with Gasteiger partial charge >= 0.3 is 0 Å². The molecule has 0 N–H and O–H groups in total. The van der Waals surface area contributed by atoms with Crippen LogP contribution in [0.1, 0.15) is 21.7 Å². The van der Waals surface area contributed by atoms with Gasteiger partial charge in [0.1, 0.15) is 5.82 Å². The van der Waals surface area contributed by atoms with Gasteiger partial charge < -0.3 is 9.13 Å². The molecule has 4 rings (SSSR count). The molecule has 0 aliphatic heterocycles. The second-order valence-corrected chi connectivity index (χ2v) is 6.09. The lowest BCUT2D eigenvalue weighted by atomic mass is 10.1. The number of hydrogen-bond acceptors (Lipinski definition) is 3. The summed E-state index contributed by atoms with van der Waals surface area (Å²) in [6, 6.07) is 15.5. The van der Waals surface area contributed by atoms with E-state index >= 15 is 0 Å². The number of carbonyl (C=O) groups excluding carboxylic acids is 1. The van der Waals surface area contributed by atoms with Gasteiger partial charge in [0, 0.05) is 23.1 Å². The number of aryl methyl sites for hydroxylation is 1. The highest BCUT2D eigenvalue weighted by molar-refractivity contribution is 5.98. The molecule has 0 radical (unpaired) electrons. The Labute approximate surface area is 145 Å². The van der Waals surface area contributed by atoms with Gasteiger partial charge in [-0.05, 0) is 44.2 Å². The van der Waals surface area contributed by atoms with E-state index in [0.29, 0.717) is 0 Å². The largest absolute Gasteiger partial charge is 0.323 e. The van der Waals surface area contributed by atoms with Crippen LogP contribution in [0, 0.1) is 13.8 Å². The number of fused-ring (bicyclic) bond motifs is 1. The predicted octanol–water partition coefficient (Wildman–Crippen LogP) is 3.72. The summed E-state index contributed by atoms with van der Waals surface area (Å²) in [5, 5.41) is 0. The third-order valence-electron chi connectivity index (χ3n) is 4.45. The van der Waals surface area contributed by atoms with E-state index in [1.165, 1.54) is 0 Å². The molecule has 4 aromatic rings. The summed E-state index contributed by atoms with van der Waals surface area (Å²) in [6.45, 7) is 4.22. The topological polar surface area (TPSA) is 52.7 Å². The maximum Gasteiger partial charge on any atom is 0.184 e. The van der Waals surface area contributed by atoms with Crippen LogP contribution in [0.5, 0.6) is 0 Å². The van der Waals surface area contributed by atoms with E-state index in [4.69, 9.17) is 0 Å². The Kier molecular flexibility index (Phi) is 3.69. The molecule has 0 fully saturated rings. The van der Waals surface area contributed by atoms with Crippen molar-refractivity contribution in [3.05, 3.63) is 78.0 Å². The molecule has 5 nitrogen and oxygen atoms in total. The van der Waals surface area contributed by atoms with Crippen molar-refractivity contribution >= 4 is 16.8 Å². The van der Waals surface area contributed by atoms with Crippen molar-refractivity contribution in [2.45, 2.75) is 20.4 Å². The minimum Gasteiger partial charge on any atom is -0.323 e. The fourth-order valence-electron chi connectivity index (χ4n) is 3.26. The fourth-order valence-corrected chi connectivity index (χ4v) is 3.26. The lowest BCUT2D eigenvalue weighted by Gasteiger charge is -2.08. The van der Waals surface area contributed by atoms with E-state index in [9.17, 15) is 4.79 Å². The number of hydrogen-bond donors (Lipinski definition) is 0. The maximum absolute atomic E-state index is 12.9. The third-order valence-corrected chi connectivity index (χ3v) is 4.45. The molecular weight excluding hydrogens is 312 g/mol. The number of Topliss-reactive ketones (excluding diaryl/α,β-unsaturated/α-hetero) is 1. The van der Waals surface area contributed by atoms with Crippen LogP contribution >= 0.6 is 0 Å². The first kappa shape index (κ1) is 15.3. The highest BCUT2D eigenvalue weighted by Gasteiger charge is 2.18. The fraction of sp³-hybridized carbons (Fsp3) is 0.150. The molecular formula is C20H18N4O. The average molecular weight is 330 g/mol. The molecule has 25 heavy (non-hydrogen) atoms. The predicted molar refractivity (Wildman–Crippen MR) is 97.1 cm³/mol. The number of nitrogens with zero attached hydrogens (tertiary/aromatic N) is 4. The normalized spacial score (nSPS) is 11.1. The Morgan fingerprint density at radius 1 is 1.04 bits per heavy atom. The highest BCUT2D eigenvalue weighted by atomic mass is 16.1. The lowest BCUT2D eigenvalue weighted by molar-refractivity contribution is 0.0973. The Bertz CT molecular complexity index is 1060. The van der Waals surface area contributed by atoms with E-state index in [2.05, 4.69) is 9.97 Å². The molecule has 0 aliphatic carbocycles. The first-order chi connectivity index (χ1) is 12.1. The summed E-state index contributed by atoms with van der Waals surface area (Å²) in [5.74, 6) is 0.892. The van der Waals surface area contributed by atoms with Crippen LogP contribution in [-0.2, 0) is 6.54 Å². The van der Waals surface area contributed by atoms with Gasteiger partial charge in [-0.15, -0.1) is 0 Å². The monoisotopic (exact) mass is 330 g/mol. The average Bonchev–Trinajstić information content (AvgIpc) is 3.17. The van der Waals surface area contributed by atoms with Gasteiger partial charge in [0.15, 0.2) is 5.78 Å². The number of aromatic nitrogens is 4. The van der Waals surface area contributed by atoms with Crippen LogP contribution in [-0.4, -0.2) is 24.9 Å². The molecule has 0 atom stereocenters. The minimum absolute atomic E-state index is 0.0680. The van der Waals surface area contributed by atoms with Crippen molar-refractivity contribution in [2.75, 3.05) is 0 Å². The van der Waals surface area contributed by atoms with Crippen LogP contribution in [0.25, 0.3) is 16.9 Å². The summed E-state index contributed by atoms with van der Waals surface area (Å²) < 4.78 is 3.91. The molecule has 0 aliphatic rings. The number of rotatable bonds is 4. The number of carbonyl (C=O) groups is 1. The third kappa shape index (κ3) is 2.63. The summed E-state index contributed by atoms with van der Waals surface area (Å²) in [6.07, 6.45) is 3.48. The first-order valence-corrected chi connectivity index (χ1v) is 8.18. The van der Waals surface area contributed by atoms with Crippen molar-refractivity contribution in [3.63, 3.8) is 0 Å². The molecule has 0 spiro atoms. The Balaban J connectivity index is 1.69. The Morgan fingerprint density at radius 3 is 2.64 bits per heavy atom. The summed E-state index contributed by atoms with van der Waals surface area (Å²) >= 11 is 0. The molecule has 124 valence electrons. The number of benzene rings is 1. The second kappa shape index (κ2) is 6.02. The van der Waals surface area contributed by atoms with Gasteiger partial charge in [0.05, 0.1) is 23.9 Å². The zero-order chi connectivity index (χ0) is 17.4. The van der Waals surface area contributed by atoms with Crippen molar-refractivity contribution in [1.29, 1.82) is 0 Å². The number of para-hydroxylation sites is 2. The van der Waals surface area contributed by atoms with E-state index in [1.807, 2.05) is 71.5 Å². The van der Waals surface area contributed by atoms with E-state index in [1.54, 1.807) is 12.5 Å². The van der Waals surface area contributed by atoms with Gasteiger partial charge in [-0.2, -0.15) is 0 Å². The zero-order valence-corrected chi connectivity index (χ0v) is 14.2. The summed E-state index contributed by atoms with van der Waals surface area (Å²) in [7, 11) is 0. The molecule has 0 unspecified atom stereocenters. The molecule has 0 saturated heterocycles. The van der Waals surface area contributed by atoms with Crippen molar-refractivity contribution in [1.82, 2.24) is 19.1 Å². The van der Waals surface area contributed by atoms with E-state index < -0.39 is 0 Å². The van der Waals surface area contributed by atoms with E-state index in [-0.39, 0.29) is 12.3 Å². The van der Waals surface area contributed by atoms with E-state index in [0.717, 1.165) is 33.8 Å². The molecule has 1 aromatic carbocycles. The van der Waals surface area contributed by atoms with Crippen LogP contribution in [0.3, 0.4) is 0 Å². The number of pyridine rings is 1. The number of ketones is 1. The minimum atomic E-state index is 0.0680. The zero-order valence-electron chi connectivity index (χ0n) is 14.2. The van der Waals surface area contributed by atoms with Gasteiger partial charge in [0.25, 0.3) is 0 Å². The Hall–Kier alpha value is -3.21. The van der Waals surface area contributed by atoms with Gasteiger partial charge in [-0.25, -0.2) is 9.97 Å². The maximum atomic E-state index is 12.9. The number of imidazole rings is 1. The van der Waals surface area contributed by atoms with Gasteiger partial charge in [-0.3, -0.25) is 4.79 Å². The molecule has 3 heterocycles. The SMILES string of the molecule is Cc1cc(C(=O)Cn2cnc3ccccc32)c(C)n1-c1ccccn1. The smallest absolute Gasteiger partial charge is 0.184 e. The first-order valence-electron chi connectivity index (χ1n) is 8.18. The highest BCUT2D eigenvalue weighted by Crippen LogP contribution is 2.21. The van der Waals surface area contributed by atoms with Crippen molar-refractivity contribution < 1.29 is 4.79 Å². The molecule has 5 heteroatoms. The summed E-state index contributed by atoms with van der Waals surface area (Å²) in [5.41, 5.74) is 4.49. The van der Waals surface area contributed by atoms with Gasteiger partial charge in [0.2, 0.25) is 0 Å². The van der Waals surface area contributed by atoms with Crippen LogP contribution < -0.4 is 0 Å². The standard InChI is InChI=1S/C20H18N4O/c1-14-11-16(15(2)24(14)20-9-5-6-10-21-20)19(25)12-23-13-22-17-7-3-4-8-18(17)23/h3-11,13H,12H2,1-2H3. The van der Waals surface area contributed by atoms with Crippen molar-refractivity contribution in [2.24, 2.45) is 0 Å². The molecule has 3 aromatic heterocycles. The van der Waals surface area contributed by atoms with Crippen LogP contribution in [0.15, 0.2) is 61.1 Å². The van der Waals surface area contributed by atoms with Crippen LogP contribution in [0.2, 0.25) is 0 Å². The summed E-state index contributed by atoms with van der Waals surface area (Å²) in [4.78, 5) is 21.6. The molecule has 0 saturated carbocycles.